The van der Waals surface area contributed by atoms with Crippen LogP contribution in [0.1, 0.15) is 67.3 Å². The zero-order valence-electron chi connectivity index (χ0n) is 22.2. The molecule has 38 heavy (non-hydrogen) atoms. The Balaban J connectivity index is 1.25. The molecule has 3 N–H and O–H groups in total. The molecule has 2 saturated heterocycles. The number of nitrogens with one attached hydrogen (secondary N) is 2. The zero-order chi connectivity index (χ0) is 26.1. The number of pyridine rings is 1. The van der Waals surface area contributed by atoms with E-state index in [0.717, 1.165) is 43.4 Å². The van der Waals surface area contributed by atoms with Crippen LogP contribution in [-0.2, 0) is 4.74 Å². The monoisotopic (exact) mass is 537 g/mol. The van der Waals surface area contributed by atoms with Crippen LogP contribution in [0.25, 0.3) is 0 Å². The van der Waals surface area contributed by atoms with Crippen molar-refractivity contribution in [1.82, 2.24) is 4.98 Å². The van der Waals surface area contributed by atoms with Gasteiger partial charge >= 0.3 is 0 Å². The molecule has 1 unspecified atom stereocenters. The molecule has 1 atom stereocenters. The summed E-state index contributed by atoms with van der Waals surface area (Å²) in [7, 11) is 0. The first-order valence-corrected chi connectivity index (χ1v) is 15.1. The lowest BCUT2D eigenvalue weighted by molar-refractivity contribution is 0.0529. The average Bonchev–Trinajstić information content (AvgIpc) is 3.86. The summed E-state index contributed by atoms with van der Waals surface area (Å²) >= 11 is 1.47. The number of carbonyl (C=O) groups is 1. The molecule has 204 valence electrons. The van der Waals surface area contributed by atoms with E-state index < -0.39 is 0 Å². The van der Waals surface area contributed by atoms with Crippen LogP contribution in [0.3, 0.4) is 0 Å². The molecule has 2 aromatic rings. The highest BCUT2D eigenvalue weighted by Crippen LogP contribution is 2.54. The number of hydrogen-bond donors (Lipinski definition) is 3. The molecule has 0 bridgehead atoms. The summed E-state index contributed by atoms with van der Waals surface area (Å²) in [6, 6.07) is 10.2. The quantitative estimate of drug-likeness (QED) is 0.308. The summed E-state index contributed by atoms with van der Waals surface area (Å²) in [5.41, 5.74) is 4.41. The van der Waals surface area contributed by atoms with E-state index in [4.69, 9.17) is 14.8 Å². The van der Waals surface area contributed by atoms with Crippen molar-refractivity contribution in [2.45, 2.75) is 57.5 Å². The van der Waals surface area contributed by atoms with Crippen molar-refractivity contribution in [2.24, 2.45) is 5.41 Å². The van der Waals surface area contributed by atoms with E-state index in [1.54, 1.807) is 0 Å². The van der Waals surface area contributed by atoms with Gasteiger partial charge in [-0.3, -0.25) is 4.79 Å². The van der Waals surface area contributed by atoms with Crippen molar-refractivity contribution in [3.8, 4) is 0 Å². The van der Waals surface area contributed by atoms with Gasteiger partial charge in [-0.15, -0.1) is 0 Å². The number of anilines is 4. The lowest BCUT2D eigenvalue weighted by atomic mass is 9.93. The maximum Gasteiger partial charge on any atom is 0.258 e. The number of carbonyl (C=O) groups excluding carboxylic acids is 1. The number of benzene rings is 1. The predicted molar refractivity (Wildman–Crippen MR) is 155 cm³/mol. The van der Waals surface area contributed by atoms with Crippen LogP contribution in [0.5, 0.6) is 0 Å². The number of morpholine rings is 1. The molecule has 4 aliphatic rings. The van der Waals surface area contributed by atoms with E-state index in [1.807, 2.05) is 12.1 Å². The Kier molecular flexibility index (Phi) is 7.42. The second-order valence-electron chi connectivity index (χ2n) is 11.4. The Morgan fingerprint density at radius 2 is 1.95 bits per heavy atom. The summed E-state index contributed by atoms with van der Waals surface area (Å²) in [4.78, 5) is 23.3. The topological polar surface area (TPSA) is 90.0 Å². The van der Waals surface area contributed by atoms with Crippen molar-refractivity contribution < 1.29 is 14.6 Å². The molecule has 0 radical (unpaired) electrons. The van der Waals surface area contributed by atoms with Crippen LogP contribution < -0.4 is 19.8 Å². The van der Waals surface area contributed by atoms with Gasteiger partial charge in [-0.05, 0) is 92.7 Å². The van der Waals surface area contributed by atoms with Crippen molar-refractivity contribution in [1.29, 1.82) is 0 Å². The SMILES string of the molecule is CC1CN(c2cc(C3CC3)cc(NC(=O)c3ccc(NSCCO)cc3N3CCC4(CC3)CC4)n2)CCO1. The van der Waals surface area contributed by atoms with Crippen LogP contribution in [0.4, 0.5) is 23.0 Å². The summed E-state index contributed by atoms with van der Waals surface area (Å²) in [5.74, 6) is 2.59. The van der Waals surface area contributed by atoms with Crippen molar-refractivity contribution in [2.75, 3.05) is 65.0 Å². The third-order valence-corrected chi connectivity index (χ3v) is 9.20. The number of aromatic nitrogens is 1. The molecule has 6 rings (SSSR count). The molecule has 9 heteroatoms. The minimum atomic E-state index is -0.122. The number of rotatable bonds is 9. The number of piperidine rings is 1. The van der Waals surface area contributed by atoms with Gasteiger partial charge in [-0.2, -0.15) is 0 Å². The van der Waals surface area contributed by atoms with Gasteiger partial charge in [-0.1, -0.05) is 11.9 Å². The first-order valence-electron chi connectivity index (χ1n) is 14.1. The average molecular weight is 538 g/mol. The van der Waals surface area contributed by atoms with Gasteiger partial charge in [-0.25, -0.2) is 4.98 Å². The highest BCUT2D eigenvalue weighted by molar-refractivity contribution is 8.00. The molecular formula is C29H39N5O3S. The first-order chi connectivity index (χ1) is 18.5. The normalized spacial score (nSPS) is 22.4. The fraction of sp³-hybridized carbons (Fsp3) is 0.586. The number of nitrogens with zero attached hydrogens (tertiary/aromatic N) is 3. The predicted octanol–water partition coefficient (Wildman–Crippen LogP) is 4.87. The Morgan fingerprint density at radius 1 is 1.13 bits per heavy atom. The molecule has 1 aromatic heterocycles. The maximum atomic E-state index is 13.8. The van der Waals surface area contributed by atoms with Gasteiger partial charge in [0, 0.05) is 37.6 Å². The van der Waals surface area contributed by atoms with Crippen LogP contribution in [0, 0.1) is 5.41 Å². The van der Waals surface area contributed by atoms with Gasteiger partial charge in [0.25, 0.3) is 5.91 Å². The van der Waals surface area contributed by atoms with Gasteiger partial charge in [0.05, 0.1) is 30.6 Å². The minimum absolute atomic E-state index is 0.122. The fourth-order valence-corrected chi connectivity index (χ4v) is 6.24. The lowest BCUT2D eigenvalue weighted by Crippen LogP contribution is -2.41. The van der Waals surface area contributed by atoms with Crippen molar-refractivity contribution in [3.63, 3.8) is 0 Å². The number of amides is 1. The summed E-state index contributed by atoms with van der Waals surface area (Å²) in [5, 5.41) is 12.3. The molecule has 1 aromatic carbocycles. The van der Waals surface area contributed by atoms with E-state index in [0.29, 0.717) is 35.1 Å². The van der Waals surface area contributed by atoms with E-state index in [2.05, 4.69) is 45.0 Å². The Hall–Kier alpha value is -2.49. The second-order valence-corrected chi connectivity index (χ2v) is 12.3. The maximum absolute atomic E-state index is 13.8. The molecular weight excluding hydrogens is 498 g/mol. The third-order valence-electron chi connectivity index (χ3n) is 8.44. The first kappa shape index (κ1) is 25.8. The second kappa shape index (κ2) is 10.9. The standard InChI is InChI=1S/C29H39N5O3S/c1-20-19-34(12-14-37-20)27-17-22(21-2-3-21)16-26(30-27)31-28(36)24-5-4-23(32-38-15-13-35)18-25(24)33-10-8-29(6-7-29)9-11-33/h4-5,16-18,20-21,32,35H,2-3,6-15,19H2,1H3,(H,30,31,36). The third kappa shape index (κ3) is 5.90. The number of ether oxygens (including phenoxy) is 1. The largest absolute Gasteiger partial charge is 0.395 e. The van der Waals surface area contributed by atoms with E-state index in [-0.39, 0.29) is 18.6 Å². The minimum Gasteiger partial charge on any atom is -0.395 e. The lowest BCUT2D eigenvalue weighted by Gasteiger charge is -2.35. The van der Waals surface area contributed by atoms with Crippen LogP contribution in [-0.4, -0.2) is 67.2 Å². The Bertz CT molecular complexity index is 1160. The molecule has 1 amide bonds. The van der Waals surface area contributed by atoms with Gasteiger partial charge in [0.2, 0.25) is 0 Å². The summed E-state index contributed by atoms with van der Waals surface area (Å²) in [6.07, 6.45) is 7.63. The smallest absolute Gasteiger partial charge is 0.258 e. The summed E-state index contributed by atoms with van der Waals surface area (Å²) < 4.78 is 9.05. The molecule has 2 aliphatic heterocycles. The van der Waals surface area contributed by atoms with Crippen LogP contribution >= 0.6 is 11.9 Å². The Morgan fingerprint density at radius 3 is 2.66 bits per heavy atom. The van der Waals surface area contributed by atoms with Gasteiger partial charge in [0.1, 0.15) is 11.6 Å². The van der Waals surface area contributed by atoms with E-state index in [1.165, 1.54) is 56.0 Å². The highest BCUT2D eigenvalue weighted by atomic mass is 32.2. The Labute approximate surface area is 229 Å². The zero-order valence-corrected chi connectivity index (χ0v) is 23.1. The number of hydrogen-bond acceptors (Lipinski definition) is 8. The molecule has 2 aliphatic carbocycles. The molecule has 4 fully saturated rings. The van der Waals surface area contributed by atoms with Gasteiger partial charge < -0.3 is 29.7 Å². The number of aliphatic hydroxyl groups is 1. The summed E-state index contributed by atoms with van der Waals surface area (Å²) in [6.45, 7) is 6.46. The van der Waals surface area contributed by atoms with Gasteiger partial charge in [0.15, 0.2) is 0 Å². The molecule has 3 heterocycles. The van der Waals surface area contributed by atoms with Crippen LogP contribution in [0.15, 0.2) is 30.3 Å². The van der Waals surface area contributed by atoms with Crippen molar-refractivity contribution >= 4 is 40.9 Å². The van der Waals surface area contributed by atoms with Crippen LogP contribution in [0.2, 0.25) is 0 Å². The van der Waals surface area contributed by atoms with Crippen molar-refractivity contribution in [3.05, 3.63) is 41.5 Å². The number of aliphatic hydroxyl groups excluding tert-OH is 1. The van der Waals surface area contributed by atoms with E-state index in [9.17, 15) is 4.79 Å². The molecule has 2 saturated carbocycles. The fourth-order valence-electron chi connectivity index (χ4n) is 5.75. The molecule has 8 nitrogen and oxygen atoms in total. The molecule has 1 spiro atoms. The van der Waals surface area contributed by atoms with E-state index >= 15 is 0 Å². The highest BCUT2D eigenvalue weighted by Gasteiger charge is 2.44.